The fourth-order valence-corrected chi connectivity index (χ4v) is 2.41. The molecule has 1 aliphatic rings. The summed E-state index contributed by atoms with van der Waals surface area (Å²) in [5, 5.41) is 20.6. The van der Waals surface area contributed by atoms with Crippen LogP contribution in [0.15, 0.2) is 30.3 Å². The van der Waals surface area contributed by atoms with E-state index in [1.54, 1.807) is 0 Å². The lowest BCUT2D eigenvalue weighted by Crippen LogP contribution is -2.45. The van der Waals surface area contributed by atoms with Crippen molar-refractivity contribution in [2.24, 2.45) is 0 Å². The van der Waals surface area contributed by atoms with Crippen LogP contribution in [0, 0.1) is 0 Å². The largest absolute Gasteiger partial charge is 0.491 e. The molecule has 0 saturated heterocycles. The zero-order valence-electron chi connectivity index (χ0n) is 10.9. The van der Waals surface area contributed by atoms with E-state index in [-0.39, 0.29) is 0 Å². The van der Waals surface area contributed by atoms with Gasteiger partial charge in [0, 0.05) is 0 Å². The molecule has 1 saturated carbocycles. The minimum atomic E-state index is -0.794. The van der Waals surface area contributed by atoms with Crippen LogP contribution in [0.25, 0.3) is 0 Å². The summed E-state index contributed by atoms with van der Waals surface area (Å²) in [6, 6.07) is 9.53. The van der Waals surface area contributed by atoms with Crippen LogP contribution in [-0.4, -0.2) is 28.0 Å². The Labute approximate surface area is 108 Å². The Morgan fingerprint density at radius 3 is 2.11 bits per heavy atom. The molecule has 0 spiro atoms. The Balaban J connectivity index is 1.87. The van der Waals surface area contributed by atoms with Crippen molar-refractivity contribution < 1.29 is 14.9 Å². The van der Waals surface area contributed by atoms with Crippen LogP contribution in [0.5, 0.6) is 5.75 Å². The maximum absolute atomic E-state index is 10.4. The summed E-state index contributed by atoms with van der Waals surface area (Å²) in [5.74, 6) is 0.780. The highest BCUT2D eigenvalue weighted by atomic mass is 16.5. The van der Waals surface area contributed by atoms with E-state index in [0.717, 1.165) is 12.2 Å². The fourth-order valence-electron chi connectivity index (χ4n) is 2.41. The van der Waals surface area contributed by atoms with Crippen molar-refractivity contribution in [2.45, 2.75) is 50.2 Å². The van der Waals surface area contributed by atoms with Crippen LogP contribution in [0.4, 0.5) is 0 Å². The molecule has 2 rings (SSSR count). The van der Waals surface area contributed by atoms with Gasteiger partial charge in [0.15, 0.2) is 0 Å². The SMILES string of the molecule is CCC1(O)CCC(O)(COc2ccccc2)CC1. The van der Waals surface area contributed by atoms with Gasteiger partial charge < -0.3 is 14.9 Å². The molecule has 0 unspecified atom stereocenters. The van der Waals surface area contributed by atoms with Crippen molar-refractivity contribution in [1.29, 1.82) is 0 Å². The van der Waals surface area contributed by atoms with Gasteiger partial charge in [0.05, 0.1) is 11.2 Å². The van der Waals surface area contributed by atoms with E-state index in [1.165, 1.54) is 0 Å². The second-order valence-corrected chi connectivity index (χ2v) is 5.40. The Kier molecular flexibility index (Phi) is 3.93. The van der Waals surface area contributed by atoms with Crippen LogP contribution in [0.1, 0.15) is 39.0 Å². The predicted octanol–water partition coefficient (Wildman–Crippen LogP) is 2.51. The minimum absolute atomic E-state index is 0.302. The lowest BCUT2D eigenvalue weighted by atomic mass is 9.75. The molecule has 0 atom stereocenters. The van der Waals surface area contributed by atoms with E-state index in [2.05, 4.69) is 0 Å². The van der Waals surface area contributed by atoms with Crippen molar-refractivity contribution in [3.05, 3.63) is 30.3 Å². The van der Waals surface area contributed by atoms with Crippen LogP contribution in [0.2, 0.25) is 0 Å². The van der Waals surface area contributed by atoms with Gasteiger partial charge in [-0.3, -0.25) is 0 Å². The molecule has 0 amide bonds. The van der Waals surface area contributed by atoms with E-state index < -0.39 is 11.2 Å². The van der Waals surface area contributed by atoms with Crippen LogP contribution >= 0.6 is 0 Å². The monoisotopic (exact) mass is 250 g/mol. The molecule has 1 aromatic rings. The Morgan fingerprint density at radius 1 is 1.00 bits per heavy atom. The van der Waals surface area contributed by atoms with E-state index in [4.69, 9.17) is 4.74 Å². The summed E-state index contributed by atoms with van der Waals surface area (Å²) in [6.45, 7) is 2.29. The maximum atomic E-state index is 10.4. The van der Waals surface area contributed by atoms with Gasteiger partial charge in [-0.05, 0) is 44.2 Å². The molecule has 1 aromatic carbocycles. The molecule has 0 heterocycles. The van der Waals surface area contributed by atoms with Gasteiger partial charge in [-0.25, -0.2) is 0 Å². The molecule has 2 N–H and O–H groups in total. The second kappa shape index (κ2) is 5.29. The summed E-state index contributed by atoms with van der Waals surface area (Å²) in [5.41, 5.74) is -1.38. The van der Waals surface area contributed by atoms with E-state index in [0.29, 0.717) is 32.3 Å². The molecule has 18 heavy (non-hydrogen) atoms. The number of ether oxygens (including phenoxy) is 1. The third-order valence-corrected chi connectivity index (χ3v) is 4.02. The maximum Gasteiger partial charge on any atom is 0.119 e. The van der Waals surface area contributed by atoms with E-state index in [9.17, 15) is 10.2 Å². The van der Waals surface area contributed by atoms with E-state index in [1.807, 2.05) is 37.3 Å². The molecule has 0 aromatic heterocycles. The molecule has 1 fully saturated rings. The van der Waals surface area contributed by atoms with Crippen LogP contribution < -0.4 is 4.74 Å². The number of benzene rings is 1. The normalized spacial score (nSPS) is 32.2. The van der Waals surface area contributed by atoms with Gasteiger partial charge in [0.1, 0.15) is 12.4 Å². The van der Waals surface area contributed by atoms with Gasteiger partial charge in [-0.1, -0.05) is 25.1 Å². The molecule has 0 radical (unpaired) electrons. The van der Waals surface area contributed by atoms with Crippen LogP contribution in [-0.2, 0) is 0 Å². The van der Waals surface area contributed by atoms with Gasteiger partial charge in [0.25, 0.3) is 0 Å². The summed E-state index contributed by atoms with van der Waals surface area (Å²) in [7, 11) is 0. The average molecular weight is 250 g/mol. The highest BCUT2D eigenvalue weighted by Crippen LogP contribution is 2.36. The van der Waals surface area contributed by atoms with Crippen molar-refractivity contribution in [1.82, 2.24) is 0 Å². The highest BCUT2D eigenvalue weighted by molar-refractivity contribution is 5.21. The number of hydrogen-bond acceptors (Lipinski definition) is 3. The zero-order chi connectivity index (χ0) is 13.1. The topological polar surface area (TPSA) is 49.7 Å². The van der Waals surface area contributed by atoms with Gasteiger partial charge in [-0.2, -0.15) is 0 Å². The minimum Gasteiger partial charge on any atom is -0.491 e. The van der Waals surface area contributed by atoms with Crippen molar-refractivity contribution >= 4 is 0 Å². The molecule has 3 heteroatoms. The van der Waals surface area contributed by atoms with E-state index >= 15 is 0 Å². The van der Waals surface area contributed by atoms with Gasteiger partial charge >= 0.3 is 0 Å². The first-order valence-corrected chi connectivity index (χ1v) is 6.68. The predicted molar refractivity (Wildman–Crippen MR) is 70.6 cm³/mol. The summed E-state index contributed by atoms with van der Waals surface area (Å²) < 4.78 is 5.62. The Hall–Kier alpha value is -1.06. The quantitative estimate of drug-likeness (QED) is 0.863. The third kappa shape index (κ3) is 3.24. The molecular weight excluding hydrogens is 228 g/mol. The molecule has 0 bridgehead atoms. The molecule has 100 valence electrons. The number of aliphatic hydroxyl groups is 2. The number of hydrogen-bond donors (Lipinski definition) is 2. The van der Waals surface area contributed by atoms with Gasteiger partial charge in [0.2, 0.25) is 0 Å². The highest BCUT2D eigenvalue weighted by Gasteiger charge is 2.40. The second-order valence-electron chi connectivity index (χ2n) is 5.40. The fraction of sp³-hybridized carbons (Fsp3) is 0.600. The molecular formula is C15H22O3. The van der Waals surface area contributed by atoms with Crippen molar-refractivity contribution in [3.8, 4) is 5.75 Å². The molecule has 1 aliphatic carbocycles. The smallest absolute Gasteiger partial charge is 0.119 e. The van der Waals surface area contributed by atoms with Crippen LogP contribution in [0.3, 0.4) is 0 Å². The third-order valence-electron chi connectivity index (χ3n) is 4.02. The first-order valence-electron chi connectivity index (χ1n) is 6.68. The molecule has 3 nitrogen and oxygen atoms in total. The Bertz CT molecular complexity index is 367. The van der Waals surface area contributed by atoms with Crippen molar-refractivity contribution in [3.63, 3.8) is 0 Å². The number of para-hydroxylation sites is 1. The summed E-state index contributed by atoms with van der Waals surface area (Å²) >= 11 is 0. The first kappa shape index (κ1) is 13.4. The Morgan fingerprint density at radius 2 is 1.56 bits per heavy atom. The molecule has 0 aliphatic heterocycles. The summed E-state index contributed by atoms with van der Waals surface area (Å²) in [6.07, 6.45) is 3.26. The van der Waals surface area contributed by atoms with Crippen molar-refractivity contribution in [2.75, 3.05) is 6.61 Å². The van der Waals surface area contributed by atoms with Gasteiger partial charge in [-0.15, -0.1) is 0 Å². The first-order chi connectivity index (χ1) is 8.55. The summed E-state index contributed by atoms with van der Waals surface area (Å²) in [4.78, 5) is 0. The lowest BCUT2D eigenvalue weighted by Gasteiger charge is -2.40. The lowest BCUT2D eigenvalue weighted by molar-refractivity contribution is -0.0981. The average Bonchev–Trinajstić information content (AvgIpc) is 2.42. The number of rotatable bonds is 4. The zero-order valence-corrected chi connectivity index (χ0v) is 10.9. The standard InChI is InChI=1S/C15H22O3/c1-2-14(16)8-10-15(17,11-9-14)12-18-13-6-4-3-5-7-13/h3-7,16-17H,2,8-12H2,1H3.